The Bertz CT molecular complexity index is 290. The second kappa shape index (κ2) is 6.12. The summed E-state index contributed by atoms with van der Waals surface area (Å²) in [6.45, 7) is 9.29. The minimum Gasteiger partial charge on any atom is -0.416 e. The molecule has 1 rings (SSSR count). The predicted octanol–water partition coefficient (Wildman–Crippen LogP) is 2.25. The second-order valence-corrected chi connectivity index (χ2v) is 4.81. The van der Waals surface area contributed by atoms with Crippen molar-refractivity contribution in [3.63, 3.8) is 0 Å². The molecule has 0 saturated carbocycles. The lowest BCUT2D eigenvalue weighted by Gasteiger charge is -2.21. The molecule has 1 aromatic rings. The standard InChI is InChI=1S/C10H19N3OS/c1-5-9(11-6-2)7(3)15-10-13-12-8(4)14-10/h7,9,11H,5-6H2,1-4H3. The Hall–Kier alpha value is -0.550. The molecule has 1 N–H and O–H groups in total. The van der Waals surface area contributed by atoms with Gasteiger partial charge >= 0.3 is 0 Å². The molecule has 0 aliphatic rings. The van der Waals surface area contributed by atoms with Crippen molar-refractivity contribution >= 4 is 11.8 Å². The highest BCUT2D eigenvalue weighted by atomic mass is 32.2. The van der Waals surface area contributed by atoms with E-state index in [1.807, 2.05) is 6.92 Å². The van der Waals surface area contributed by atoms with Gasteiger partial charge in [-0.05, 0) is 13.0 Å². The van der Waals surface area contributed by atoms with Crippen molar-refractivity contribution in [1.82, 2.24) is 15.5 Å². The zero-order valence-electron chi connectivity index (χ0n) is 9.78. The van der Waals surface area contributed by atoms with Gasteiger partial charge in [0.2, 0.25) is 5.89 Å². The first-order valence-corrected chi connectivity index (χ1v) is 6.25. The number of aromatic nitrogens is 2. The zero-order chi connectivity index (χ0) is 11.3. The molecule has 2 unspecified atom stereocenters. The molecule has 2 atom stereocenters. The van der Waals surface area contributed by atoms with Gasteiger partial charge < -0.3 is 9.73 Å². The minimum absolute atomic E-state index is 0.440. The second-order valence-electron chi connectivity index (χ2n) is 3.48. The SMILES string of the molecule is CCNC(CC)C(C)Sc1nnc(C)o1. The number of rotatable bonds is 6. The molecule has 0 saturated heterocycles. The Balaban J connectivity index is 2.49. The van der Waals surface area contributed by atoms with Gasteiger partial charge in [0.05, 0.1) is 0 Å². The third kappa shape index (κ3) is 3.83. The summed E-state index contributed by atoms with van der Waals surface area (Å²) >= 11 is 1.63. The fraction of sp³-hybridized carbons (Fsp3) is 0.800. The van der Waals surface area contributed by atoms with Crippen LogP contribution in [0.2, 0.25) is 0 Å². The van der Waals surface area contributed by atoms with Crippen LogP contribution >= 0.6 is 11.8 Å². The maximum Gasteiger partial charge on any atom is 0.276 e. The number of aryl methyl sites for hydroxylation is 1. The van der Waals surface area contributed by atoms with E-state index in [1.165, 1.54) is 0 Å². The molecule has 0 aliphatic carbocycles. The van der Waals surface area contributed by atoms with Crippen molar-refractivity contribution in [2.75, 3.05) is 6.54 Å². The molecule has 0 aromatic carbocycles. The number of thioether (sulfide) groups is 1. The van der Waals surface area contributed by atoms with E-state index in [9.17, 15) is 0 Å². The van der Waals surface area contributed by atoms with Crippen LogP contribution in [0.1, 0.15) is 33.1 Å². The van der Waals surface area contributed by atoms with Crippen molar-refractivity contribution in [1.29, 1.82) is 0 Å². The van der Waals surface area contributed by atoms with E-state index < -0.39 is 0 Å². The van der Waals surface area contributed by atoms with Crippen molar-refractivity contribution in [2.45, 2.75) is 50.6 Å². The average Bonchev–Trinajstić information content (AvgIpc) is 2.60. The molecule has 0 bridgehead atoms. The summed E-state index contributed by atoms with van der Waals surface area (Å²) in [4.78, 5) is 0. The summed E-state index contributed by atoms with van der Waals surface area (Å²) in [5.41, 5.74) is 0. The summed E-state index contributed by atoms with van der Waals surface area (Å²) in [5, 5.41) is 12.3. The highest BCUT2D eigenvalue weighted by Gasteiger charge is 2.18. The highest BCUT2D eigenvalue weighted by molar-refractivity contribution is 7.99. The molecule has 4 nitrogen and oxygen atoms in total. The van der Waals surface area contributed by atoms with E-state index in [4.69, 9.17) is 4.42 Å². The van der Waals surface area contributed by atoms with Crippen LogP contribution in [0, 0.1) is 6.92 Å². The van der Waals surface area contributed by atoms with Gasteiger partial charge in [-0.15, -0.1) is 10.2 Å². The quantitative estimate of drug-likeness (QED) is 0.758. The summed E-state index contributed by atoms with van der Waals surface area (Å²) in [5.74, 6) is 0.626. The zero-order valence-corrected chi connectivity index (χ0v) is 10.6. The molecule has 1 heterocycles. The monoisotopic (exact) mass is 229 g/mol. The van der Waals surface area contributed by atoms with Crippen molar-refractivity contribution in [2.24, 2.45) is 0 Å². The summed E-state index contributed by atoms with van der Waals surface area (Å²) in [7, 11) is 0. The molecule has 86 valence electrons. The third-order valence-electron chi connectivity index (χ3n) is 2.27. The Kier molecular flexibility index (Phi) is 5.11. The van der Waals surface area contributed by atoms with E-state index in [1.54, 1.807) is 11.8 Å². The predicted molar refractivity (Wildman–Crippen MR) is 62.1 cm³/mol. The fourth-order valence-corrected chi connectivity index (χ4v) is 2.50. The van der Waals surface area contributed by atoms with Crippen molar-refractivity contribution in [3.05, 3.63) is 5.89 Å². The van der Waals surface area contributed by atoms with E-state index >= 15 is 0 Å². The van der Waals surface area contributed by atoms with E-state index in [0.29, 0.717) is 22.4 Å². The normalized spacial score (nSPS) is 15.2. The molecule has 0 amide bonds. The van der Waals surface area contributed by atoms with Gasteiger partial charge in [0.25, 0.3) is 5.22 Å². The van der Waals surface area contributed by atoms with Gasteiger partial charge in [0.15, 0.2) is 0 Å². The number of nitrogens with one attached hydrogen (secondary N) is 1. The van der Waals surface area contributed by atoms with Crippen LogP contribution in [-0.4, -0.2) is 28.0 Å². The molecule has 0 spiro atoms. The van der Waals surface area contributed by atoms with E-state index in [0.717, 1.165) is 13.0 Å². The molecular weight excluding hydrogens is 210 g/mol. The lowest BCUT2D eigenvalue weighted by Crippen LogP contribution is -2.35. The largest absolute Gasteiger partial charge is 0.416 e. The topological polar surface area (TPSA) is 51.0 Å². The Morgan fingerprint density at radius 1 is 1.40 bits per heavy atom. The van der Waals surface area contributed by atoms with Gasteiger partial charge in [-0.1, -0.05) is 32.5 Å². The smallest absolute Gasteiger partial charge is 0.276 e. The van der Waals surface area contributed by atoms with E-state index in [2.05, 4.69) is 36.3 Å². The Labute approximate surface area is 95.2 Å². The van der Waals surface area contributed by atoms with Gasteiger partial charge in [-0.2, -0.15) is 0 Å². The van der Waals surface area contributed by atoms with Crippen molar-refractivity contribution in [3.8, 4) is 0 Å². The Morgan fingerprint density at radius 2 is 2.13 bits per heavy atom. The van der Waals surface area contributed by atoms with Gasteiger partial charge in [0, 0.05) is 18.2 Å². The Morgan fingerprint density at radius 3 is 2.60 bits per heavy atom. The molecule has 1 aromatic heterocycles. The van der Waals surface area contributed by atoms with Crippen LogP contribution in [0.15, 0.2) is 9.64 Å². The van der Waals surface area contributed by atoms with Crippen LogP contribution in [0.5, 0.6) is 0 Å². The van der Waals surface area contributed by atoms with E-state index in [-0.39, 0.29) is 0 Å². The lowest BCUT2D eigenvalue weighted by atomic mass is 10.2. The maximum absolute atomic E-state index is 5.34. The number of hydrogen-bond donors (Lipinski definition) is 1. The summed E-state index contributed by atoms with van der Waals surface area (Å²) < 4.78 is 5.34. The lowest BCUT2D eigenvalue weighted by molar-refractivity contribution is 0.425. The van der Waals surface area contributed by atoms with Crippen LogP contribution in [-0.2, 0) is 0 Å². The summed E-state index contributed by atoms with van der Waals surface area (Å²) in [6, 6.07) is 0.493. The summed E-state index contributed by atoms with van der Waals surface area (Å²) in [6.07, 6.45) is 1.11. The van der Waals surface area contributed by atoms with Gasteiger partial charge in [0.1, 0.15) is 0 Å². The average molecular weight is 229 g/mol. The van der Waals surface area contributed by atoms with Gasteiger partial charge in [-0.25, -0.2) is 0 Å². The van der Waals surface area contributed by atoms with Crippen LogP contribution in [0.4, 0.5) is 0 Å². The van der Waals surface area contributed by atoms with Crippen LogP contribution in [0.3, 0.4) is 0 Å². The minimum atomic E-state index is 0.440. The first kappa shape index (κ1) is 12.5. The molecule has 15 heavy (non-hydrogen) atoms. The molecule has 5 heteroatoms. The molecular formula is C10H19N3OS. The molecule has 0 fully saturated rings. The number of nitrogens with zero attached hydrogens (tertiary/aromatic N) is 2. The van der Waals surface area contributed by atoms with Gasteiger partial charge in [-0.3, -0.25) is 0 Å². The van der Waals surface area contributed by atoms with Crippen molar-refractivity contribution < 1.29 is 4.42 Å². The highest BCUT2D eigenvalue weighted by Crippen LogP contribution is 2.24. The fourth-order valence-electron chi connectivity index (χ4n) is 1.47. The van der Waals surface area contributed by atoms with Crippen LogP contribution in [0.25, 0.3) is 0 Å². The first-order chi connectivity index (χ1) is 7.17. The molecule has 0 radical (unpaired) electrons. The third-order valence-corrected chi connectivity index (χ3v) is 3.33. The number of hydrogen-bond acceptors (Lipinski definition) is 5. The van der Waals surface area contributed by atoms with Crippen LogP contribution < -0.4 is 5.32 Å². The first-order valence-electron chi connectivity index (χ1n) is 5.37. The maximum atomic E-state index is 5.34. The molecule has 0 aliphatic heterocycles.